The molecule has 2 N–H and O–H groups in total. The van der Waals surface area contributed by atoms with Crippen LogP contribution in [-0.2, 0) is 0 Å². The molecule has 10 heteroatoms. The Morgan fingerprint density at radius 2 is 1.82 bits per heavy atom. The van der Waals surface area contributed by atoms with Crippen molar-refractivity contribution < 1.29 is 23.7 Å². The van der Waals surface area contributed by atoms with Gasteiger partial charge in [-0.25, -0.2) is 0 Å². The van der Waals surface area contributed by atoms with E-state index >= 15 is 0 Å². The van der Waals surface area contributed by atoms with E-state index < -0.39 is 22.2 Å². The molecule has 0 unspecified atom stereocenters. The smallest absolute Gasteiger partial charge is 0.349 e. The largest absolute Gasteiger partial charge is 0.493 e. The molecule has 0 aliphatic carbocycles. The second kappa shape index (κ2) is 9.93. The highest BCUT2D eigenvalue weighted by molar-refractivity contribution is 6.32. The van der Waals surface area contributed by atoms with E-state index in [9.17, 15) is 14.9 Å². The number of carbonyl (C=O) groups is 1. The predicted octanol–water partition coefficient (Wildman–Crippen LogP) is 4.36. The van der Waals surface area contributed by atoms with Crippen LogP contribution in [0.3, 0.4) is 0 Å². The average Bonchev–Trinajstić information content (AvgIpc) is 3.09. The summed E-state index contributed by atoms with van der Waals surface area (Å²) in [6.45, 7) is 4.89. The molecule has 9 nitrogen and oxygen atoms in total. The van der Waals surface area contributed by atoms with Crippen molar-refractivity contribution in [2.45, 2.75) is 39.5 Å². The van der Waals surface area contributed by atoms with Gasteiger partial charge in [0.1, 0.15) is 11.5 Å². The minimum absolute atomic E-state index is 0.190. The Balaban J connectivity index is 2.54. The van der Waals surface area contributed by atoms with Crippen molar-refractivity contribution in [2.75, 3.05) is 13.2 Å². The van der Waals surface area contributed by atoms with Gasteiger partial charge in [0, 0.05) is 6.07 Å². The molecule has 0 saturated heterocycles. The molecule has 0 radical (unpaired) electrons. The molecule has 28 heavy (non-hydrogen) atoms. The predicted molar refractivity (Wildman–Crippen MR) is 103 cm³/mol. The van der Waals surface area contributed by atoms with E-state index in [0.717, 1.165) is 25.7 Å². The molecule has 0 aliphatic rings. The van der Waals surface area contributed by atoms with Crippen LogP contribution in [0, 0.1) is 10.1 Å². The summed E-state index contributed by atoms with van der Waals surface area (Å²) >= 11 is 6.29. The van der Waals surface area contributed by atoms with Crippen LogP contribution < -0.4 is 15.2 Å². The first kappa shape index (κ1) is 21.5. The summed E-state index contributed by atoms with van der Waals surface area (Å²) in [5.41, 5.74) is 4.14. The number of benzene rings is 1. The number of ether oxygens (including phenoxy) is 2. The maximum atomic E-state index is 11.5. The van der Waals surface area contributed by atoms with Crippen LogP contribution in [0.5, 0.6) is 11.5 Å². The van der Waals surface area contributed by atoms with Crippen molar-refractivity contribution in [3.05, 3.63) is 33.0 Å². The fourth-order valence-electron chi connectivity index (χ4n) is 2.39. The normalized spacial score (nSPS) is 10.7. The molecule has 1 heterocycles. The summed E-state index contributed by atoms with van der Waals surface area (Å²) in [5, 5.41) is 15.1. The molecule has 0 aliphatic heterocycles. The van der Waals surface area contributed by atoms with Gasteiger partial charge in [-0.05, 0) is 18.9 Å². The van der Waals surface area contributed by atoms with Crippen molar-refractivity contribution in [2.24, 2.45) is 5.73 Å². The number of aromatic nitrogens is 1. The molecular formula is C18H22ClN3O6. The van der Waals surface area contributed by atoms with Gasteiger partial charge in [-0.1, -0.05) is 43.4 Å². The highest BCUT2D eigenvalue weighted by Gasteiger charge is 2.33. The molecule has 2 rings (SSSR count). The molecule has 0 spiro atoms. The molecule has 152 valence electrons. The number of carbonyl (C=O) groups excluding carboxylic acids is 1. The van der Waals surface area contributed by atoms with Crippen LogP contribution in [0.1, 0.15) is 50.0 Å². The number of nitrogens with two attached hydrogens (primary N) is 1. The topological polar surface area (TPSA) is 131 Å². The third-order valence-electron chi connectivity index (χ3n) is 3.87. The Labute approximate surface area is 166 Å². The van der Waals surface area contributed by atoms with Gasteiger partial charge in [0.2, 0.25) is 11.5 Å². The molecule has 2 aromatic rings. The molecule has 0 saturated carbocycles. The number of rotatable bonds is 11. The molecule has 0 atom stereocenters. The maximum Gasteiger partial charge on any atom is 0.349 e. The van der Waals surface area contributed by atoms with Crippen LogP contribution in [-0.4, -0.2) is 29.2 Å². The third kappa shape index (κ3) is 4.92. The Morgan fingerprint density at radius 1 is 1.21 bits per heavy atom. The van der Waals surface area contributed by atoms with E-state index in [1.807, 2.05) is 13.8 Å². The van der Waals surface area contributed by atoms with Crippen LogP contribution in [0.2, 0.25) is 5.02 Å². The van der Waals surface area contributed by atoms with E-state index in [1.165, 1.54) is 6.07 Å². The Morgan fingerprint density at radius 3 is 2.36 bits per heavy atom. The lowest BCUT2D eigenvalue weighted by molar-refractivity contribution is -0.384. The van der Waals surface area contributed by atoms with Crippen LogP contribution in [0.15, 0.2) is 16.7 Å². The van der Waals surface area contributed by atoms with E-state index in [-0.39, 0.29) is 22.1 Å². The van der Waals surface area contributed by atoms with Gasteiger partial charge in [-0.2, -0.15) is 0 Å². The van der Waals surface area contributed by atoms with Crippen LogP contribution in [0.25, 0.3) is 11.3 Å². The Hall–Kier alpha value is -2.81. The number of halogens is 1. The lowest BCUT2D eigenvalue weighted by atomic mass is 10.1. The first-order valence-electron chi connectivity index (χ1n) is 8.94. The molecule has 0 fully saturated rings. The van der Waals surface area contributed by atoms with Gasteiger partial charge in [0.15, 0.2) is 0 Å². The maximum absolute atomic E-state index is 11.5. The Bertz CT molecular complexity index is 852. The van der Waals surface area contributed by atoms with Gasteiger partial charge in [0.05, 0.1) is 28.7 Å². The molecule has 1 aromatic carbocycles. The summed E-state index contributed by atoms with van der Waals surface area (Å²) in [5.74, 6) is -0.657. The van der Waals surface area contributed by atoms with Crippen LogP contribution >= 0.6 is 11.6 Å². The number of amides is 1. The number of nitro groups is 1. The van der Waals surface area contributed by atoms with Crippen molar-refractivity contribution in [1.82, 2.24) is 5.16 Å². The monoisotopic (exact) mass is 411 g/mol. The minimum atomic E-state index is -1.07. The summed E-state index contributed by atoms with van der Waals surface area (Å²) in [6.07, 6.45) is 3.48. The SMILES string of the molecule is CCCCOc1cc(OCCCC)c(-c2onc(C(N)=O)c2[N+](=O)[O-])cc1Cl. The van der Waals surface area contributed by atoms with E-state index in [4.69, 9.17) is 31.3 Å². The molecule has 1 amide bonds. The third-order valence-corrected chi connectivity index (χ3v) is 4.17. The quantitative estimate of drug-likeness (QED) is 0.330. The highest BCUT2D eigenvalue weighted by Crippen LogP contribution is 2.43. The second-order valence-corrected chi connectivity index (χ2v) is 6.42. The summed E-state index contributed by atoms with van der Waals surface area (Å²) in [7, 11) is 0. The molecular weight excluding hydrogens is 390 g/mol. The number of nitrogens with zero attached hydrogens (tertiary/aromatic N) is 2. The van der Waals surface area contributed by atoms with Gasteiger partial charge < -0.3 is 19.7 Å². The minimum Gasteiger partial charge on any atom is -0.493 e. The fraction of sp³-hybridized carbons (Fsp3) is 0.444. The number of unbranched alkanes of at least 4 members (excludes halogenated alkanes) is 2. The number of primary amides is 1. The van der Waals surface area contributed by atoms with Crippen molar-refractivity contribution in [3.8, 4) is 22.8 Å². The van der Waals surface area contributed by atoms with E-state index in [0.29, 0.717) is 19.0 Å². The van der Waals surface area contributed by atoms with Crippen molar-refractivity contribution >= 4 is 23.2 Å². The van der Waals surface area contributed by atoms with Gasteiger partial charge in [0.25, 0.3) is 5.91 Å². The zero-order valence-electron chi connectivity index (χ0n) is 15.7. The zero-order valence-corrected chi connectivity index (χ0v) is 16.5. The van der Waals surface area contributed by atoms with E-state index in [2.05, 4.69) is 5.16 Å². The lowest BCUT2D eigenvalue weighted by Gasteiger charge is -2.14. The van der Waals surface area contributed by atoms with Gasteiger partial charge >= 0.3 is 5.69 Å². The lowest BCUT2D eigenvalue weighted by Crippen LogP contribution is -2.13. The summed E-state index contributed by atoms with van der Waals surface area (Å²) in [4.78, 5) is 22.2. The number of hydrogen-bond donors (Lipinski definition) is 1. The first-order valence-corrected chi connectivity index (χ1v) is 9.31. The first-order chi connectivity index (χ1) is 13.4. The van der Waals surface area contributed by atoms with Gasteiger partial charge in [-0.15, -0.1) is 0 Å². The van der Waals surface area contributed by atoms with Crippen LogP contribution in [0.4, 0.5) is 5.69 Å². The fourth-order valence-corrected chi connectivity index (χ4v) is 2.61. The number of hydrogen-bond acceptors (Lipinski definition) is 7. The Kier molecular flexibility index (Phi) is 7.62. The summed E-state index contributed by atoms with van der Waals surface area (Å²) in [6, 6.07) is 2.99. The van der Waals surface area contributed by atoms with E-state index in [1.54, 1.807) is 6.07 Å². The highest BCUT2D eigenvalue weighted by atomic mass is 35.5. The van der Waals surface area contributed by atoms with Crippen molar-refractivity contribution in [1.29, 1.82) is 0 Å². The van der Waals surface area contributed by atoms with Gasteiger partial charge in [-0.3, -0.25) is 14.9 Å². The summed E-state index contributed by atoms with van der Waals surface area (Å²) < 4.78 is 16.5. The second-order valence-electron chi connectivity index (χ2n) is 6.01. The average molecular weight is 412 g/mol. The zero-order chi connectivity index (χ0) is 20.7. The molecule has 1 aromatic heterocycles. The molecule has 0 bridgehead atoms. The van der Waals surface area contributed by atoms with Crippen molar-refractivity contribution in [3.63, 3.8) is 0 Å². The standard InChI is InChI=1S/C18H22ClN3O6/c1-3-5-7-26-13-10-14(27-8-6-4-2)12(19)9-11(13)17-16(22(24)25)15(18(20)23)21-28-17/h9-10H,3-8H2,1-2H3,(H2,20,23).